The Morgan fingerprint density at radius 3 is 2.42 bits per heavy atom. The summed E-state index contributed by atoms with van der Waals surface area (Å²) in [5, 5.41) is 2.41. The molecule has 26 heavy (non-hydrogen) atoms. The van der Waals surface area contributed by atoms with Crippen LogP contribution < -0.4 is 14.8 Å². The Labute approximate surface area is 160 Å². The highest BCUT2D eigenvalue weighted by Crippen LogP contribution is 2.27. The molecular weight excluding hydrogens is 406 g/mol. The zero-order valence-corrected chi connectivity index (χ0v) is 16.0. The number of methoxy groups -OCH3 is 1. The normalized spacial score (nSPS) is 12.5. The van der Waals surface area contributed by atoms with E-state index in [-0.39, 0.29) is 20.6 Å². The predicted molar refractivity (Wildman–Crippen MR) is 97.8 cm³/mol. The van der Waals surface area contributed by atoms with E-state index in [0.29, 0.717) is 5.75 Å². The second-order valence-electron chi connectivity index (χ2n) is 5.26. The van der Waals surface area contributed by atoms with E-state index in [2.05, 4.69) is 10.0 Å². The van der Waals surface area contributed by atoms with Crippen LogP contribution in [0.3, 0.4) is 0 Å². The highest BCUT2D eigenvalue weighted by Gasteiger charge is 2.23. The van der Waals surface area contributed by atoms with Gasteiger partial charge in [0.2, 0.25) is 15.9 Å². The molecule has 0 aliphatic heterocycles. The number of hydrogen-bond acceptors (Lipinski definition) is 4. The third-order valence-corrected chi connectivity index (χ3v) is 5.47. The van der Waals surface area contributed by atoms with Crippen molar-refractivity contribution in [1.82, 2.24) is 4.72 Å². The first-order valence-corrected chi connectivity index (χ1v) is 9.49. The van der Waals surface area contributed by atoms with Crippen LogP contribution in [0.2, 0.25) is 10.0 Å². The Hall–Kier alpha value is -1.87. The molecule has 0 aromatic heterocycles. The highest BCUT2D eigenvalue weighted by atomic mass is 35.5. The number of benzene rings is 2. The molecule has 1 amide bonds. The van der Waals surface area contributed by atoms with Gasteiger partial charge in [-0.3, -0.25) is 4.79 Å². The summed E-state index contributed by atoms with van der Waals surface area (Å²) in [6.45, 7) is 1.36. The quantitative estimate of drug-likeness (QED) is 0.749. The molecule has 2 N–H and O–H groups in total. The number of hydrogen-bond donors (Lipinski definition) is 2. The van der Waals surface area contributed by atoms with Crippen LogP contribution in [0.1, 0.15) is 6.92 Å². The average molecular weight is 421 g/mol. The van der Waals surface area contributed by atoms with Gasteiger partial charge < -0.3 is 10.1 Å². The minimum Gasteiger partial charge on any atom is -0.495 e. The molecule has 140 valence electrons. The summed E-state index contributed by atoms with van der Waals surface area (Å²) in [6.07, 6.45) is 0. The van der Waals surface area contributed by atoms with Gasteiger partial charge >= 0.3 is 0 Å². The third kappa shape index (κ3) is 4.85. The molecule has 0 aliphatic rings. The van der Waals surface area contributed by atoms with Crippen molar-refractivity contribution in [2.45, 2.75) is 17.9 Å². The third-order valence-electron chi connectivity index (χ3n) is 3.35. The Morgan fingerprint density at radius 2 is 1.85 bits per heavy atom. The summed E-state index contributed by atoms with van der Waals surface area (Å²) in [4.78, 5) is 12.0. The van der Waals surface area contributed by atoms with E-state index >= 15 is 0 Å². The van der Waals surface area contributed by atoms with Crippen LogP contribution in [0, 0.1) is 5.82 Å². The van der Waals surface area contributed by atoms with Gasteiger partial charge in [0.05, 0.1) is 28.1 Å². The number of ether oxygens (including phenoxy) is 1. The SMILES string of the molecule is COc1ccc(S(=O)(=O)N[C@@H](C)C(=O)Nc2ccc(F)c(Cl)c2)cc1Cl. The number of anilines is 1. The molecule has 2 aromatic rings. The molecule has 6 nitrogen and oxygen atoms in total. The molecule has 0 heterocycles. The molecule has 0 bridgehead atoms. The second-order valence-corrected chi connectivity index (χ2v) is 7.79. The average Bonchev–Trinajstić information content (AvgIpc) is 2.57. The molecule has 0 saturated heterocycles. The van der Waals surface area contributed by atoms with Gasteiger partial charge in [-0.05, 0) is 43.3 Å². The molecule has 0 saturated carbocycles. The van der Waals surface area contributed by atoms with Crippen LogP contribution >= 0.6 is 23.2 Å². The number of nitrogens with one attached hydrogen (secondary N) is 2. The van der Waals surface area contributed by atoms with Crippen molar-refractivity contribution in [2.24, 2.45) is 0 Å². The zero-order chi connectivity index (χ0) is 19.5. The van der Waals surface area contributed by atoms with E-state index in [1.54, 1.807) is 0 Å². The van der Waals surface area contributed by atoms with Crippen molar-refractivity contribution in [3.05, 3.63) is 52.3 Å². The number of rotatable bonds is 6. The monoisotopic (exact) mass is 420 g/mol. The lowest BCUT2D eigenvalue weighted by molar-refractivity contribution is -0.117. The lowest BCUT2D eigenvalue weighted by Gasteiger charge is -2.15. The lowest BCUT2D eigenvalue weighted by Crippen LogP contribution is -2.41. The van der Waals surface area contributed by atoms with Crippen LogP contribution in [-0.2, 0) is 14.8 Å². The standard InChI is InChI=1S/C16H15Cl2FN2O4S/c1-9(16(22)20-10-3-5-14(19)12(17)7-10)21-26(23,24)11-4-6-15(25-2)13(18)8-11/h3-9,21H,1-2H3,(H,20,22)/t9-/m0/s1. The fourth-order valence-electron chi connectivity index (χ4n) is 1.99. The Kier molecular flexibility index (Phi) is 6.46. The van der Waals surface area contributed by atoms with Crippen molar-refractivity contribution >= 4 is 44.8 Å². The van der Waals surface area contributed by atoms with Crippen molar-refractivity contribution < 1.29 is 22.3 Å². The topological polar surface area (TPSA) is 84.5 Å². The van der Waals surface area contributed by atoms with Crippen LogP contribution in [0.25, 0.3) is 0 Å². The first-order valence-electron chi connectivity index (χ1n) is 7.26. The van der Waals surface area contributed by atoms with Gasteiger partial charge in [0.1, 0.15) is 11.6 Å². The molecule has 2 rings (SSSR count). The van der Waals surface area contributed by atoms with Gasteiger partial charge in [-0.25, -0.2) is 12.8 Å². The minimum atomic E-state index is -4.00. The van der Waals surface area contributed by atoms with E-state index in [9.17, 15) is 17.6 Å². The molecule has 0 fully saturated rings. The molecular formula is C16H15Cl2FN2O4S. The maximum Gasteiger partial charge on any atom is 0.242 e. The first kappa shape index (κ1) is 20.4. The summed E-state index contributed by atoms with van der Waals surface area (Å²) in [7, 11) is -2.59. The van der Waals surface area contributed by atoms with Gasteiger partial charge in [0.15, 0.2) is 0 Å². The smallest absolute Gasteiger partial charge is 0.242 e. The van der Waals surface area contributed by atoms with E-state index in [4.69, 9.17) is 27.9 Å². The van der Waals surface area contributed by atoms with Gasteiger partial charge in [-0.15, -0.1) is 0 Å². The molecule has 0 unspecified atom stereocenters. The summed E-state index contributed by atoms with van der Waals surface area (Å²) >= 11 is 11.6. The Bertz CT molecular complexity index is 938. The van der Waals surface area contributed by atoms with Crippen LogP contribution in [0.5, 0.6) is 5.75 Å². The fraction of sp³-hybridized carbons (Fsp3) is 0.188. The van der Waals surface area contributed by atoms with Crippen LogP contribution in [0.15, 0.2) is 41.3 Å². The predicted octanol–water partition coefficient (Wildman–Crippen LogP) is 3.45. The number of carbonyl (C=O) groups is 1. The van der Waals surface area contributed by atoms with Crippen molar-refractivity contribution in [3.63, 3.8) is 0 Å². The maximum absolute atomic E-state index is 13.1. The zero-order valence-electron chi connectivity index (χ0n) is 13.7. The van der Waals surface area contributed by atoms with Crippen molar-refractivity contribution in [2.75, 3.05) is 12.4 Å². The molecule has 0 radical (unpaired) electrons. The van der Waals surface area contributed by atoms with Gasteiger partial charge in [-0.1, -0.05) is 23.2 Å². The number of amides is 1. The number of sulfonamides is 1. The summed E-state index contributed by atoms with van der Waals surface area (Å²) in [5.74, 6) is -0.949. The first-order chi connectivity index (χ1) is 12.1. The minimum absolute atomic E-state index is 0.118. The summed E-state index contributed by atoms with van der Waals surface area (Å²) in [6, 6.07) is 6.44. The Balaban J connectivity index is 2.11. The van der Waals surface area contributed by atoms with E-state index in [0.717, 1.165) is 6.07 Å². The van der Waals surface area contributed by atoms with Crippen molar-refractivity contribution in [1.29, 1.82) is 0 Å². The lowest BCUT2D eigenvalue weighted by atomic mass is 10.3. The van der Waals surface area contributed by atoms with Crippen LogP contribution in [0.4, 0.5) is 10.1 Å². The van der Waals surface area contributed by atoms with E-state index < -0.39 is 27.8 Å². The molecule has 0 spiro atoms. The van der Waals surface area contributed by atoms with E-state index in [1.165, 1.54) is 44.4 Å². The van der Waals surface area contributed by atoms with Crippen molar-refractivity contribution in [3.8, 4) is 5.75 Å². The van der Waals surface area contributed by atoms with Gasteiger partial charge in [0.25, 0.3) is 0 Å². The molecule has 10 heteroatoms. The highest BCUT2D eigenvalue weighted by molar-refractivity contribution is 7.89. The summed E-state index contributed by atoms with van der Waals surface area (Å²) in [5.41, 5.74) is 0.236. The number of halogens is 3. The van der Waals surface area contributed by atoms with Gasteiger partial charge in [-0.2, -0.15) is 4.72 Å². The summed E-state index contributed by atoms with van der Waals surface area (Å²) < 4.78 is 45.1. The fourth-order valence-corrected chi connectivity index (χ4v) is 3.72. The molecule has 0 aliphatic carbocycles. The van der Waals surface area contributed by atoms with Gasteiger partial charge in [0, 0.05) is 5.69 Å². The number of carbonyl (C=O) groups excluding carboxylic acids is 1. The second kappa shape index (κ2) is 8.22. The van der Waals surface area contributed by atoms with Crippen LogP contribution in [-0.4, -0.2) is 27.5 Å². The largest absolute Gasteiger partial charge is 0.495 e. The molecule has 1 atom stereocenters. The Morgan fingerprint density at radius 1 is 1.15 bits per heavy atom. The van der Waals surface area contributed by atoms with E-state index in [1.807, 2.05) is 0 Å². The molecule has 2 aromatic carbocycles. The maximum atomic E-state index is 13.1.